The van der Waals surface area contributed by atoms with Gasteiger partial charge in [-0.25, -0.2) is 0 Å². The molecule has 1 rings (SSSR count). The highest BCUT2D eigenvalue weighted by Crippen LogP contribution is 2.21. The molecule has 0 radical (unpaired) electrons. The fraction of sp³-hybridized carbons (Fsp3) is 0.692. The summed E-state index contributed by atoms with van der Waals surface area (Å²) in [4.78, 5) is 13.7. The smallest absolute Gasteiger partial charge is 0.234 e. The number of carbonyl (C=O) groups is 1. The standard InChI is InChI=1S/C13H23BrN4O/c1-9(2)6-15-12(19)8-17(4)7-11-13(14)10(3)16-18(11)5/h9H,6-8H2,1-5H3,(H,15,19). The molecule has 1 aromatic rings. The van der Waals surface area contributed by atoms with E-state index < -0.39 is 0 Å². The van der Waals surface area contributed by atoms with E-state index in [9.17, 15) is 4.79 Å². The Labute approximate surface area is 123 Å². The zero-order valence-corrected chi connectivity index (χ0v) is 13.9. The molecular formula is C13H23BrN4O. The number of aryl methyl sites for hydroxylation is 2. The molecule has 0 saturated carbocycles. The highest BCUT2D eigenvalue weighted by molar-refractivity contribution is 9.10. The van der Waals surface area contributed by atoms with Gasteiger partial charge in [-0.2, -0.15) is 5.10 Å². The number of halogens is 1. The highest BCUT2D eigenvalue weighted by Gasteiger charge is 2.14. The first-order chi connectivity index (χ1) is 8.81. The van der Waals surface area contributed by atoms with Crippen molar-refractivity contribution in [2.45, 2.75) is 27.3 Å². The number of amides is 1. The van der Waals surface area contributed by atoms with E-state index in [-0.39, 0.29) is 5.91 Å². The molecule has 0 aliphatic carbocycles. The van der Waals surface area contributed by atoms with Crippen molar-refractivity contribution in [3.8, 4) is 0 Å². The van der Waals surface area contributed by atoms with Gasteiger partial charge in [0.2, 0.25) is 5.91 Å². The quantitative estimate of drug-likeness (QED) is 0.863. The maximum Gasteiger partial charge on any atom is 0.234 e. The second-order valence-corrected chi connectivity index (χ2v) is 6.13. The van der Waals surface area contributed by atoms with E-state index in [0.29, 0.717) is 19.0 Å². The number of aromatic nitrogens is 2. The highest BCUT2D eigenvalue weighted by atomic mass is 79.9. The van der Waals surface area contributed by atoms with Crippen LogP contribution in [0.5, 0.6) is 0 Å². The minimum Gasteiger partial charge on any atom is -0.355 e. The van der Waals surface area contributed by atoms with Crippen molar-refractivity contribution in [1.82, 2.24) is 20.0 Å². The summed E-state index contributed by atoms with van der Waals surface area (Å²) in [5, 5.41) is 7.26. The van der Waals surface area contributed by atoms with Crippen molar-refractivity contribution in [2.24, 2.45) is 13.0 Å². The first-order valence-corrected chi connectivity index (χ1v) is 7.23. The van der Waals surface area contributed by atoms with Gasteiger partial charge in [-0.15, -0.1) is 0 Å². The Kier molecular flexibility index (Phi) is 6.00. The third-order valence-corrected chi connectivity index (χ3v) is 3.83. The molecule has 1 N–H and O–H groups in total. The average molecular weight is 331 g/mol. The summed E-state index contributed by atoms with van der Waals surface area (Å²) in [6.45, 7) is 7.93. The van der Waals surface area contributed by atoms with E-state index in [1.807, 2.05) is 30.6 Å². The van der Waals surface area contributed by atoms with Crippen LogP contribution in [-0.2, 0) is 18.4 Å². The lowest BCUT2D eigenvalue weighted by Gasteiger charge is -2.17. The second kappa shape index (κ2) is 7.05. The summed E-state index contributed by atoms with van der Waals surface area (Å²) in [5.74, 6) is 0.536. The van der Waals surface area contributed by atoms with Crippen molar-refractivity contribution in [3.05, 3.63) is 15.9 Å². The summed E-state index contributed by atoms with van der Waals surface area (Å²) < 4.78 is 2.87. The van der Waals surface area contributed by atoms with Gasteiger partial charge in [0, 0.05) is 20.1 Å². The van der Waals surface area contributed by atoms with Crippen molar-refractivity contribution in [2.75, 3.05) is 20.1 Å². The molecule has 19 heavy (non-hydrogen) atoms. The van der Waals surface area contributed by atoms with Gasteiger partial charge in [0.15, 0.2) is 0 Å². The summed E-state index contributed by atoms with van der Waals surface area (Å²) >= 11 is 3.53. The largest absolute Gasteiger partial charge is 0.355 e. The Bertz CT molecular complexity index is 442. The van der Waals surface area contributed by atoms with E-state index in [2.05, 4.69) is 40.2 Å². The third-order valence-electron chi connectivity index (χ3n) is 2.80. The summed E-state index contributed by atoms with van der Waals surface area (Å²) in [7, 11) is 3.85. The fourth-order valence-electron chi connectivity index (χ4n) is 1.78. The molecule has 6 heteroatoms. The van der Waals surface area contributed by atoms with Crippen molar-refractivity contribution >= 4 is 21.8 Å². The molecule has 0 fully saturated rings. The molecule has 0 bridgehead atoms. The van der Waals surface area contributed by atoms with Crippen LogP contribution in [-0.4, -0.2) is 40.7 Å². The van der Waals surface area contributed by atoms with Gasteiger partial charge >= 0.3 is 0 Å². The van der Waals surface area contributed by atoms with E-state index in [1.165, 1.54) is 0 Å². The van der Waals surface area contributed by atoms with E-state index >= 15 is 0 Å². The number of hydrogen-bond donors (Lipinski definition) is 1. The molecule has 0 aromatic carbocycles. The lowest BCUT2D eigenvalue weighted by atomic mass is 10.2. The lowest BCUT2D eigenvalue weighted by Crippen LogP contribution is -2.36. The van der Waals surface area contributed by atoms with Gasteiger partial charge in [0.05, 0.1) is 22.4 Å². The average Bonchev–Trinajstić information content (AvgIpc) is 2.53. The zero-order valence-electron chi connectivity index (χ0n) is 12.3. The number of nitrogens with zero attached hydrogens (tertiary/aromatic N) is 3. The van der Waals surface area contributed by atoms with Gasteiger partial charge < -0.3 is 5.32 Å². The number of nitrogens with one attached hydrogen (secondary N) is 1. The van der Waals surface area contributed by atoms with Crippen molar-refractivity contribution in [3.63, 3.8) is 0 Å². The topological polar surface area (TPSA) is 50.2 Å². The fourth-order valence-corrected chi connectivity index (χ4v) is 2.24. The second-order valence-electron chi connectivity index (χ2n) is 5.34. The SMILES string of the molecule is Cc1nn(C)c(CN(C)CC(=O)NCC(C)C)c1Br. The Morgan fingerprint density at radius 3 is 2.63 bits per heavy atom. The first-order valence-electron chi connectivity index (χ1n) is 6.44. The molecule has 0 atom stereocenters. The van der Waals surface area contributed by atoms with Gasteiger partial charge in [0.1, 0.15) is 0 Å². The molecule has 1 amide bonds. The Hall–Kier alpha value is -0.880. The van der Waals surface area contributed by atoms with Gasteiger partial charge in [-0.1, -0.05) is 13.8 Å². The lowest BCUT2D eigenvalue weighted by molar-refractivity contribution is -0.122. The molecule has 1 heterocycles. The van der Waals surface area contributed by atoms with Crippen LogP contribution in [0.4, 0.5) is 0 Å². The minimum absolute atomic E-state index is 0.0613. The predicted octanol–water partition coefficient (Wildman–Crippen LogP) is 1.70. The first kappa shape index (κ1) is 16.2. The van der Waals surface area contributed by atoms with Gasteiger partial charge in [-0.05, 0) is 35.8 Å². The molecule has 0 saturated heterocycles. The molecule has 0 aliphatic heterocycles. The van der Waals surface area contributed by atoms with Gasteiger partial charge in [0.25, 0.3) is 0 Å². The van der Waals surface area contributed by atoms with Crippen LogP contribution in [0.3, 0.4) is 0 Å². The summed E-state index contributed by atoms with van der Waals surface area (Å²) in [6.07, 6.45) is 0. The van der Waals surface area contributed by atoms with E-state index in [4.69, 9.17) is 0 Å². The number of likely N-dealkylation sites (N-methyl/N-ethyl adjacent to an activating group) is 1. The minimum atomic E-state index is 0.0613. The van der Waals surface area contributed by atoms with Crippen LogP contribution >= 0.6 is 15.9 Å². The molecule has 1 aromatic heterocycles. The predicted molar refractivity (Wildman–Crippen MR) is 79.8 cm³/mol. The molecule has 0 spiro atoms. The van der Waals surface area contributed by atoms with Crippen molar-refractivity contribution in [1.29, 1.82) is 0 Å². The summed E-state index contributed by atoms with van der Waals surface area (Å²) in [5.41, 5.74) is 2.05. The monoisotopic (exact) mass is 330 g/mol. The Balaban J connectivity index is 2.51. The van der Waals surface area contributed by atoms with Gasteiger partial charge in [-0.3, -0.25) is 14.4 Å². The van der Waals surface area contributed by atoms with Crippen molar-refractivity contribution < 1.29 is 4.79 Å². The normalized spacial score (nSPS) is 11.4. The van der Waals surface area contributed by atoms with E-state index in [1.54, 1.807) is 0 Å². The van der Waals surface area contributed by atoms with Crippen LogP contribution in [0.25, 0.3) is 0 Å². The maximum absolute atomic E-state index is 11.7. The van der Waals surface area contributed by atoms with Crippen LogP contribution in [0, 0.1) is 12.8 Å². The Morgan fingerprint density at radius 2 is 2.16 bits per heavy atom. The van der Waals surface area contributed by atoms with Crippen LogP contribution < -0.4 is 5.32 Å². The third kappa shape index (κ3) is 4.95. The van der Waals surface area contributed by atoms with E-state index in [0.717, 1.165) is 22.4 Å². The van der Waals surface area contributed by atoms with Crippen LogP contribution in [0.15, 0.2) is 4.47 Å². The molecular weight excluding hydrogens is 308 g/mol. The molecule has 5 nitrogen and oxygen atoms in total. The molecule has 0 aliphatic rings. The van der Waals surface area contributed by atoms with Crippen LogP contribution in [0.2, 0.25) is 0 Å². The van der Waals surface area contributed by atoms with Crippen LogP contribution in [0.1, 0.15) is 25.2 Å². The number of carbonyl (C=O) groups excluding carboxylic acids is 1. The number of hydrogen-bond acceptors (Lipinski definition) is 3. The Morgan fingerprint density at radius 1 is 1.53 bits per heavy atom. The molecule has 0 unspecified atom stereocenters. The zero-order chi connectivity index (χ0) is 14.6. The summed E-state index contributed by atoms with van der Waals surface area (Å²) in [6, 6.07) is 0. The molecule has 108 valence electrons. The maximum atomic E-state index is 11.7. The number of rotatable bonds is 6.